The van der Waals surface area contributed by atoms with Gasteiger partial charge in [-0.2, -0.15) is 0 Å². The molecule has 18 heavy (non-hydrogen) atoms. The number of aliphatic hydroxyl groups is 1. The van der Waals surface area contributed by atoms with Crippen molar-refractivity contribution in [2.75, 3.05) is 25.6 Å². The molecule has 0 aliphatic rings. The summed E-state index contributed by atoms with van der Waals surface area (Å²) in [5, 5.41) is 12.1. The monoisotopic (exact) mass is 251 g/mol. The molecule has 0 saturated heterocycles. The molecule has 0 saturated carbocycles. The number of hydrogen-bond donors (Lipinski definition) is 2. The van der Waals surface area contributed by atoms with Gasteiger partial charge in [-0.05, 0) is 36.0 Å². The van der Waals surface area contributed by atoms with Gasteiger partial charge in [-0.3, -0.25) is 0 Å². The van der Waals surface area contributed by atoms with Crippen molar-refractivity contribution in [2.45, 2.75) is 39.0 Å². The van der Waals surface area contributed by atoms with Crippen molar-refractivity contribution in [3.63, 3.8) is 0 Å². The highest BCUT2D eigenvalue weighted by Crippen LogP contribution is 2.31. The number of hydrogen-bond acceptors (Lipinski definition) is 3. The number of nitrogens with one attached hydrogen (secondary N) is 1. The molecule has 0 spiro atoms. The van der Waals surface area contributed by atoms with Gasteiger partial charge in [0.25, 0.3) is 0 Å². The molecule has 0 aliphatic carbocycles. The van der Waals surface area contributed by atoms with Gasteiger partial charge >= 0.3 is 0 Å². The summed E-state index contributed by atoms with van der Waals surface area (Å²) >= 11 is 0. The van der Waals surface area contributed by atoms with Crippen LogP contribution in [0.5, 0.6) is 5.75 Å². The maximum absolute atomic E-state index is 8.76. The molecule has 1 aromatic rings. The van der Waals surface area contributed by atoms with Crippen LogP contribution in [0.2, 0.25) is 0 Å². The Kier molecular flexibility index (Phi) is 5.48. The molecular formula is C15H25NO2. The molecule has 0 heterocycles. The Morgan fingerprint density at radius 2 is 1.94 bits per heavy atom. The topological polar surface area (TPSA) is 41.5 Å². The number of aliphatic hydroxyl groups excluding tert-OH is 1. The SMILES string of the molecule is COc1ccc(C(C)(C)C)cc1NCCCCO. The molecular weight excluding hydrogens is 226 g/mol. The molecule has 0 amide bonds. The van der Waals surface area contributed by atoms with E-state index in [0.29, 0.717) is 0 Å². The van der Waals surface area contributed by atoms with E-state index in [9.17, 15) is 0 Å². The molecule has 1 rings (SSSR count). The second-order valence-corrected chi connectivity index (χ2v) is 5.52. The summed E-state index contributed by atoms with van der Waals surface area (Å²) in [5.74, 6) is 0.868. The number of methoxy groups -OCH3 is 1. The zero-order valence-electron chi connectivity index (χ0n) is 11.9. The van der Waals surface area contributed by atoms with E-state index in [1.165, 1.54) is 5.56 Å². The molecule has 2 N–H and O–H groups in total. The number of rotatable bonds is 6. The lowest BCUT2D eigenvalue weighted by Crippen LogP contribution is -2.12. The van der Waals surface area contributed by atoms with Gasteiger partial charge in [0.15, 0.2) is 0 Å². The summed E-state index contributed by atoms with van der Waals surface area (Å²) in [6, 6.07) is 6.27. The van der Waals surface area contributed by atoms with Gasteiger partial charge in [-0.25, -0.2) is 0 Å². The Balaban J connectivity index is 2.79. The minimum atomic E-state index is 0.133. The lowest BCUT2D eigenvalue weighted by Gasteiger charge is -2.21. The summed E-state index contributed by atoms with van der Waals surface area (Å²) in [6.45, 7) is 7.70. The van der Waals surface area contributed by atoms with Crippen molar-refractivity contribution in [1.82, 2.24) is 0 Å². The second-order valence-electron chi connectivity index (χ2n) is 5.52. The molecule has 1 aromatic carbocycles. The van der Waals surface area contributed by atoms with E-state index in [-0.39, 0.29) is 12.0 Å². The largest absolute Gasteiger partial charge is 0.495 e. The molecule has 102 valence electrons. The quantitative estimate of drug-likeness (QED) is 0.763. The Bertz CT molecular complexity index is 369. The fourth-order valence-electron chi connectivity index (χ4n) is 1.77. The first-order chi connectivity index (χ1) is 8.49. The van der Waals surface area contributed by atoms with Crippen LogP contribution in [0.25, 0.3) is 0 Å². The molecule has 0 fully saturated rings. The fraction of sp³-hybridized carbons (Fsp3) is 0.600. The van der Waals surface area contributed by atoms with Crippen LogP contribution in [0.3, 0.4) is 0 Å². The average Bonchev–Trinajstić information content (AvgIpc) is 2.33. The van der Waals surface area contributed by atoms with Crippen LogP contribution in [-0.2, 0) is 5.41 Å². The molecule has 0 radical (unpaired) electrons. The summed E-state index contributed by atoms with van der Waals surface area (Å²) in [7, 11) is 1.69. The van der Waals surface area contributed by atoms with Gasteiger partial charge in [0.1, 0.15) is 5.75 Å². The van der Waals surface area contributed by atoms with Crippen LogP contribution >= 0.6 is 0 Å². The third-order valence-electron chi connectivity index (χ3n) is 2.97. The normalized spacial score (nSPS) is 11.4. The Labute approximate surface area is 110 Å². The van der Waals surface area contributed by atoms with Crippen LogP contribution in [0.4, 0.5) is 5.69 Å². The van der Waals surface area contributed by atoms with Crippen molar-refractivity contribution < 1.29 is 9.84 Å². The third kappa shape index (κ3) is 4.22. The van der Waals surface area contributed by atoms with Crippen LogP contribution in [0, 0.1) is 0 Å². The summed E-state index contributed by atoms with van der Waals surface area (Å²) in [4.78, 5) is 0. The van der Waals surface area contributed by atoms with E-state index >= 15 is 0 Å². The molecule has 0 aliphatic heterocycles. The predicted octanol–water partition coefficient (Wildman–Crippen LogP) is 3.18. The molecule has 0 unspecified atom stereocenters. The average molecular weight is 251 g/mol. The van der Waals surface area contributed by atoms with Gasteiger partial charge in [-0.15, -0.1) is 0 Å². The van der Waals surface area contributed by atoms with Crippen LogP contribution in [0.1, 0.15) is 39.2 Å². The number of benzene rings is 1. The number of unbranched alkanes of at least 4 members (excludes halogenated alkanes) is 1. The first kappa shape index (κ1) is 14.8. The maximum atomic E-state index is 8.76. The zero-order chi connectivity index (χ0) is 13.6. The summed E-state index contributed by atoms with van der Waals surface area (Å²) in [5.41, 5.74) is 2.45. The highest BCUT2D eigenvalue weighted by Gasteiger charge is 2.15. The van der Waals surface area contributed by atoms with E-state index in [0.717, 1.165) is 30.8 Å². The van der Waals surface area contributed by atoms with Crippen molar-refractivity contribution in [2.24, 2.45) is 0 Å². The molecule has 3 heteroatoms. The predicted molar refractivity (Wildman–Crippen MR) is 76.5 cm³/mol. The van der Waals surface area contributed by atoms with E-state index in [2.05, 4.69) is 38.2 Å². The Hall–Kier alpha value is -1.22. The molecule has 3 nitrogen and oxygen atoms in total. The van der Waals surface area contributed by atoms with Gasteiger partial charge < -0.3 is 15.2 Å². The highest BCUT2D eigenvalue weighted by atomic mass is 16.5. The van der Waals surface area contributed by atoms with Crippen molar-refractivity contribution in [1.29, 1.82) is 0 Å². The minimum absolute atomic E-state index is 0.133. The Morgan fingerprint density at radius 1 is 1.22 bits per heavy atom. The highest BCUT2D eigenvalue weighted by molar-refractivity contribution is 5.59. The fourth-order valence-corrected chi connectivity index (χ4v) is 1.77. The van der Waals surface area contributed by atoms with Crippen LogP contribution < -0.4 is 10.1 Å². The number of ether oxygens (including phenoxy) is 1. The summed E-state index contributed by atoms with van der Waals surface area (Å²) in [6.07, 6.45) is 1.79. The first-order valence-corrected chi connectivity index (χ1v) is 6.52. The van der Waals surface area contributed by atoms with Gasteiger partial charge in [0.05, 0.1) is 12.8 Å². The van der Waals surface area contributed by atoms with E-state index in [4.69, 9.17) is 9.84 Å². The van der Waals surface area contributed by atoms with Gasteiger partial charge in [0, 0.05) is 13.2 Å². The van der Waals surface area contributed by atoms with Gasteiger partial charge in [0.2, 0.25) is 0 Å². The standard InChI is InChI=1S/C15H25NO2/c1-15(2,3)12-7-8-14(18-4)13(11-12)16-9-5-6-10-17/h7-8,11,16-17H,5-6,9-10H2,1-4H3. The second kappa shape index (κ2) is 6.64. The lowest BCUT2D eigenvalue weighted by molar-refractivity contribution is 0.286. The Morgan fingerprint density at radius 3 is 2.50 bits per heavy atom. The minimum Gasteiger partial charge on any atom is -0.495 e. The van der Waals surface area contributed by atoms with Crippen molar-refractivity contribution >= 4 is 5.69 Å². The lowest BCUT2D eigenvalue weighted by atomic mass is 9.87. The molecule has 0 bridgehead atoms. The van der Waals surface area contributed by atoms with Crippen molar-refractivity contribution in [3.8, 4) is 5.75 Å². The smallest absolute Gasteiger partial charge is 0.141 e. The molecule has 0 aromatic heterocycles. The maximum Gasteiger partial charge on any atom is 0.141 e. The van der Waals surface area contributed by atoms with Crippen molar-refractivity contribution in [3.05, 3.63) is 23.8 Å². The van der Waals surface area contributed by atoms with Crippen LogP contribution in [0.15, 0.2) is 18.2 Å². The van der Waals surface area contributed by atoms with Crippen LogP contribution in [-0.4, -0.2) is 25.4 Å². The van der Waals surface area contributed by atoms with E-state index in [1.807, 2.05) is 6.07 Å². The summed E-state index contributed by atoms with van der Waals surface area (Å²) < 4.78 is 5.36. The van der Waals surface area contributed by atoms with E-state index < -0.39 is 0 Å². The van der Waals surface area contributed by atoms with E-state index in [1.54, 1.807) is 7.11 Å². The molecule has 0 atom stereocenters. The van der Waals surface area contributed by atoms with Gasteiger partial charge in [-0.1, -0.05) is 26.8 Å². The third-order valence-corrected chi connectivity index (χ3v) is 2.97. The first-order valence-electron chi connectivity index (χ1n) is 6.52. The zero-order valence-corrected chi connectivity index (χ0v) is 11.9. The number of anilines is 1.